The second-order valence-electron chi connectivity index (χ2n) is 7.70. The van der Waals surface area contributed by atoms with Crippen molar-refractivity contribution in [3.63, 3.8) is 0 Å². The number of thiocarbonyl (C=S) groups is 1. The zero-order valence-corrected chi connectivity index (χ0v) is 19.0. The predicted molar refractivity (Wildman–Crippen MR) is 124 cm³/mol. The van der Waals surface area contributed by atoms with Crippen LogP contribution in [0.5, 0.6) is 0 Å². The minimum atomic E-state index is -0.209. The molecule has 0 aliphatic carbocycles. The highest BCUT2D eigenvalue weighted by atomic mass is 32.2. The molecule has 6 nitrogen and oxygen atoms in total. The molecule has 1 fully saturated rings. The van der Waals surface area contributed by atoms with Crippen LogP contribution >= 0.6 is 24.0 Å². The van der Waals surface area contributed by atoms with E-state index in [-0.39, 0.29) is 17.5 Å². The van der Waals surface area contributed by atoms with Gasteiger partial charge in [0.1, 0.15) is 15.8 Å². The summed E-state index contributed by atoms with van der Waals surface area (Å²) < 4.78 is 2.05. The van der Waals surface area contributed by atoms with Gasteiger partial charge in [-0.15, -0.1) is 0 Å². The van der Waals surface area contributed by atoms with Gasteiger partial charge in [-0.3, -0.25) is 18.9 Å². The smallest absolute Gasteiger partial charge is 0.267 e. The van der Waals surface area contributed by atoms with Crippen LogP contribution in [0, 0.1) is 12.8 Å². The lowest BCUT2D eigenvalue weighted by atomic mass is 10.2. The number of carbonyl (C=O) groups is 1. The van der Waals surface area contributed by atoms with Crippen LogP contribution < -0.4 is 10.9 Å². The van der Waals surface area contributed by atoms with Crippen LogP contribution in [0.1, 0.15) is 45.2 Å². The second-order valence-corrected chi connectivity index (χ2v) is 9.37. The molecule has 1 amide bonds. The first kappa shape index (κ1) is 21.5. The van der Waals surface area contributed by atoms with Gasteiger partial charge < -0.3 is 5.32 Å². The van der Waals surface area contributed by atoms with Gasteiger partial charge in [-0.25, -0.2) is 4.98 Å². The van der Waals surface area contributed by atoms with E-state index >= 15 is 0 Å². The number of nitrogens with zero attached hydrogens (tertiary/aromatic N) is 3. The highest BCUT2D eigenvalue weighted by Crippen LogP contribution is 2.34. The molecule has 1 saturated heterocycles. The maximum atomic E-state index is 13.3. The summed E-state index contributed by atoms with van der Waals surface area (Å²) in [5.41, 5.74) is 1.69. The normalized spacial score (nSPS) is 17.0. The Bertz CT molecular complexity index is 1060. The molecule has 3 rings (SSSR count). The number of hydrogen-bond acceptors (Lipinski definition) is 6. The lowest BCUT2D eigenvalue weighted by Crippen LogP contribution is -2.36. The molecule has 1 atom stereocenters. The summed E-state index contributed by atoms with van der Waals surface area (Å²) in [4.78, 5) is 32.9. The summed E-state index contributed by atoms with van der Waals surface area (Å²) in [7, 11) is 0. The molecule has 1 N–H and O–H groups in total. The van der Waals surface area contributed by atoms with E-state index in [4.69, 9.17) is 12.2 Å². The van der Waals surface area contributed by atoms with Gasteiger partial charge >= 0.3 is 0 Å². The van der Waals surface area contributed by atoms with Gasteiger partial charge in [0.15, 0.2) is 0 Å². The first-order valence-corrected chi connectivity index (χ1v) is 11.0. The monoisotopic (exact) mass is 430 g/mol. The van der Waals surface area contributed by atoms with Crippen molar-refractivity contribution in [3.8, 4) is 0 Å². The topological polar surface area (TPSA) is 66.7 Å². The SMILES string of the molecule is CCC(C)N1C(=O)/C(=C/c2c(NCC(C)C)nc3ccc(C)cn3c2=O)SC1=S. The number of fused-ring (bicyclic) bond motifs is 1. The summed E-state index contributed by atoms with van der Waals surface area (Å²) in [6.07, 6.45) is 4.20. The number of amides is 1. The molecule has 1 aliphatic heterocycles. The number of aryl methyl sites for hydroxylation is 1. The Labute approximate surface area is 180 Å². The first-order valence-electron chi connectivity index (χ1n) is 9.76. The lowest BCUT2D eigenvalue weighted by Gasteiger charge is -2.21. The van der Waals surface area contributed by atoms with Gasteiger partial charge in [0.05, 0.1) is 10.5 Å². The fourth-order valence-corrected chi connectivity index (χ4v) is 4.44. The molecule has 154 valence electrons. The molecule has 0 radical (unpaired) electrons. The van der Waals surface area contributed by atoms with Gasteiger partial charge in [0.2, 0.25) is 0 Å². The number of rotatable bonds is 6. The molecule has 2 aromatic heterocycles. The maximum Gasteiger partial charge on any atom is 0.267 e. The van der Waals surface area contributed by atoms with Gasteiger partial charge in [0, 0.05) is 18.8 Å². The number of pyridine rings is 1. The molecule has 1 unspecified atom stereocenters. The largest absolute Gasteiger partial charge is 0.369 e. The standard InChI is InChI=1S/C21H26N4O2S2/c1-6-14(5)25-20(27)16(29-21(25)28)9-15-18(22-10-12(2)3)23-17-8-7-13(4)11-24(17)19(15)26/h7-9,11-12,14,22H,6,10H2,1-5H3/b16-9-. The van der Waals surface area contributed by atoms with Crippen molar-refractivity contribution in [2.75, 3.05) is 11.9 Å². The van der Waals surface area contributed by atoms with E-state index in [1.165, 1.54) is 16.2 Å². The van der Waals surface area contributed by atoms with Crippen molar-refractivity contribution < 1.29 is 4.79 Å². The highest BCUT2D eigenvalue weighted by molar-refractivity contribution is 8.26. The fourth-order valence-electron chi connectivity index (χ4n) is 3.00. The molecule has 8 heteroatoms. The third-order valence-corrected chi connectivity index (χ3v) is 6.14. The van der Waals surface area contributed by atoms with Crippen molar-refractivity contribution in [2.45, 2.75) is 47.1 Å². The van der Waals surface area contributed by atoms with Crippen LogP contribution in [0.25, 0.3) is 11.7 Å². The highest BCUT2D eigenvalue weighted by Gasteiger charge is 2.35. The summed E-state index contributed by atoms with van der Waals surface area (Å²) in [5, 5.41) is 3.27. The van der Waals surface area contributed by atoms with Crippen LogP contribution in [0.15, 0.2) is 28.0 Å². The maximum absolute atomic E-state index is 13.3. The van der Waals surface area contributed by atoms with E-state index in [0.29, 0.717) is 38.7 Å². The number of carbonyl (C=O) groups excluding carboxylic acids is 1. The molecular weight excluding hydrogens is 404 g/mol. The van der Waals surface area contributed by atoms with Crippen LogP contribution in [-0.4, -0.2) is 37.1 Å². The van der Waals surface area contributed by atoms with E-state index in [1.54, 1.807) is 17.2 Å². The summed E-state index contributed by atoms with van der Waals surface area (Å²) in [6.45, 7) is 10.8. The van der Waals surface area contributed by atoms with E-state index in [9.17, 15) is 9.59 Å². The van der Waals surface area contributed by atoms with Gasteiger partial charge in [0.25, 0.3) is 11.5 Å². The van der Waals surface area contributed by atoms with E-state index in [2.05, 4.69) is 24.1 Å². The Hall–Kier alpha value is -2.19. The van der Waals surface area contributed by atoms with E-state index in [0.717, 1.165) is 12.0 Å². The number of nitrogens with one attached hydrogen (secondary N) is 1. The summed E-state index contributed by atoms with van der Waals surface area (Å²) >= 11 is 6.65. The summed E-state index contributed by atoms with van der Waals surface area (Å²) in [5.74, 6) is 0.712. The predicted octanol–water partition coefficient (Wildman–Crippen LogP) is 4.07. The first-order chi connectivity index (χ1) is 13.7. The van der Waals surface area contributed by atoms with Crippen molar-refractivity contribution in [2.24, 2.45) is 5.92 Å². The molecular formula is C21H26N4O2S2. The van der Waals surface area contributed by atoms with Crippen molar-refractivity contribution >= 4 is 51.7 Å². The van der Waals surface area contributed by atoms with E-state index in [1.807, 2.05) is 32.9 Å². The number of hydrogen-bond donors (Lipinski definition) is 1. The molecule has 0 spiro atoms. The quantitative estimate of drug-likeness (QED) is 0.550. The Morgan fingerprint density at radius 2 is 2.00 bits per heavy atom. The minimum Gasteiger partial charge on any atom is -0.369 e. The fraction of sp³-hybridized carbons (Fsp3) is 0.429. The van der Waals surface area contributed by atoms with Crippen molar-refractivity contribution in [1.82, 2.24) is 14.3 Å². The van der Waals surface area contributed by atoms with Crippen LogP contribution in [0.3, 0.4) is 0 Å². The zero-order chi connectivity index (χ0) is 21.3. The minimum absolute atomic E-state index is 0.0189. The van der Waals surface area contributed by atoms with Crippen LogP contribution in [0.4, 0.5) is 5.82 Å². The number of aromatic nitrogens is 2. The van der Waals surface area contributed by atoms with E-state index < -0.39 is 0 Å². The number of thioether (sulfide) groups is 1. The average Bonchev–Trinajstić information content (AvgIpc) is 2.95. The zero-order valence-electron chi connectivity index (χ0n) is 17.4. The molecule has 0 bridgehead atoms. The van der Waals surface area contributed by atoms with Crippen molar-refractivity contribution in [3.05, 3.63) is 44.7 Å². The Kier molecular flexibility index (Phi) is 6.43. The van der Waals surface area contributed by atoms with Gasteiger partial charge in [-0.2, -0.15) is 0 Å². The van der Waals surface area contributed by atoms with Crippen LogP contribution in [0.2, 0.25) is 0 Å². The summed E-state index contributed by atoms with van der Waals surface area (Å²) in [6, 6.07) is 3.76. The van der Waals surface area contributed by atoms with Gasteiger partial charge in [-0.05, 0) is 43.9 Å². The third-order valence-electron chi connectivity index (χ3n) is 4.81. The average molecular weight is 431 g/mol. The molecule has 3 heterocycles. The van der Waals surface area contributed by atoms with Crippen LogP contribution in [-0.2, 0) is 4.79 Å². The van der Waals surface area contributed by atoms with Crippen molar-refractivity contribution in [1.29, 1.82) is 0 Å². The molecule has 0 saturated carbocycles. The molecule has 1 aliphatic rings. The lowest BCUT2D eigenvalue weighted by molar-refractivity contribution is -0.123. The Morgan fingerprint density at radius 3 is 2.66 bits per heavy atom. The molecule has 29 heavy (non-hydrogen) atoms. The Balaban J connectivity index is 2.14. The molecule has 0 aromatic carbocycles. The third kappa shape index (κ3) is 4.38. The second kappa shape index (κ2) is 8.67. The Morgan fingerprint density at radius 1 is 1.28 bits per heavy atom. The number of anilines is 1. The molecule has 2 aromatic rings. The van der Waals surface area contributed by atoms with Gasteiger partial charge in [-0.1, -0.05) is 50.8 Å².